The van der Waals surface area contributed by atoms with Gasteiger partial charge in [-0.2, -0.15) is 0 Å². The summed E-state index contributed by atoms with van der Waals surface area (Å²) in [6.45, 7) is 1.97. The third kappa shape index (κ3) is 3.06. The van der Waals surface area contributed by atoms with Crippen molar-refractivity contribution in [3.63, 3.8) is 0 Å². The molecule has 2 aromatic rings. The van der Waals surface area contributed by atoms with Crippen molar-refractivity contribution in [2.45, 2.75) is 19.4 Å². The number of hydrogen-bond donors (Lipinski definition) is 3. The molecule has 0 saturated heterocycles. The maximum Gasteiger partial charge on any atom is 0.253 e. The number of nitrogens with one attached hydrogen (secondary N) is 2. The molecule has 19 heavy (non-hydrogen) atoms. The van der Waals surface area contributed by atoms with Gasteiger partial charge in [-0.05, 0) is 24.6 Å². The van der Waals surface area contributed by atoms with E-state index in [4.69, 9.17) is 17.3 Å². The Bertz CT molecular complexity index is 568. The Kier molecular flexibility index (Phi) is 4.06. The summed E-state index contributed by atoms with van der Waals surface area (Å²) in [6.07, 6.45) is 4.11. The summed E-state index contributed by atoms with van der Waals surface area (Å²) in [7, 11) is 0. The lowest BCUT2D eigenvalue weighted by Gasteiger charge is -2.15. The smallest absolute Gasteiger partial charge is 0.253 e. The molecule has 100 valence electrons. The number of nitrogen functional groups attached to an aromatic ring is 1. The lowest BCUT2D eigenvalue weighted by atomic mass is 10.1. The van der Waals surface area contributed by atoms with Gasteiger partial charge >= 0.3 is 0 Å². The molecule has 0 radical (unpaired) electrons. The summed E-state index contributed by atoms with van der Waals surface area (Å²) in [6, 6.07) is 4.64. The van der Waals surface area contributed by atoms with Crippen LogP contribution in [0.4, 0.5) is 5.69 Å². The van der Waals surface area contributed by atoms with Crippen molar-refractivity contribution in [3.8, 4) is 0 Å². The topological polar surface area (TPSA) is 83.8 Å². The number of halogens is 1. The number of aromatic amines is 1. The number of anilines is 1. The number of H-pyrrole nitrogens is 1. The predicted octanol–water partition coefficient (Wildman–Crippen LogP) is 2.53. The summed E-state index contributed by atoms with van der Waals surface area (Å²) in [5.41, 5.74) is 6.56. The number of carbonyl (C=O) groups is 1. The molecule has 0 aliphatic carbocycles. The van der Waals surface area contributed by atoms with Crippen LogP contribution in [0.25, 0.3) is 0 Å². The van der Waals surface area contributed by atoms with Crippen LogP contribution in [0.1, 0.15) is 35.6 Å². The fraction of sp³-hybridized carbons (Fsp3) is 0.231. The first-order valence-corrected chi connectivity index (χ1v) is 6.34. The Hall–Kier alpha value is -2.01. The van der Waals surface area contributed by atoms with E-state index in [1.165, 1.54) is 0 Å². The summed E-state index contributed by atoms with van der Waals surface area (Å²) in [4.78, 5) is 19.3. The number of hydrogen-bond acceptors (Lipinski definition) is 3. The second-order valence-corrected chi connectivity index (χ2v) is 4.58. The van der Waals surface area contributed by atoms with Gasteiger partial charge in [0.15, 0.2) is 0 Å². The van der Waals surface area contributed by atoms with E-state index in [9.17, 15) is 4.79 Å². The van der Waals surface area contributed by atoms with Gasteiger partial charge in [-0.25, -0.2) is 4.98 Å². The molecule has 4 N–H and O–H groups in total. The van der Waals surface area contributed by atoms with Crippen molar-refractivity contribution in [1.82, 2.24) is 15.3 Å². The molecule has 0 spiro atoms. The number of carbonyl (C=O) groups excluding carboxylic acids is 1. The van der Waals surface area contributed by atoms with Crippen LogP contribution < -0.4 is 11.1 Å². The van der Waals surface area contributed by atoms with Crippen LogP contribution in [-0.4, -0.2) is 15.9 Å². The number of amides is 1. The highest BCUT2D eigenvalue weighted by Crippen LogP contribution is 2.19. The molecule has 1 atom stereocenters. The van der Waals surface area contributed by atoms with Crippen LogP contribution in [0.15, 0.2) is 30.6 Å². The van der Waals surface area contributed by atoms with Gasteiger partial charge in [0.1, 0.15) is 5.82 Å². The Morgan fingerprint density at radius 2 is 2.37 bits per heavy atom. The van der Waals surface area contributed by atoms with Crippen molar-refractivity contribution >= 4 is 23.2 Å². The average Bonchev–Trinajstić information content (AvgIpc) is 2.89. The zero-order valence-electron chi connectivity index (χ0n) is 10.5. The normalized spacial score (nSPS) is 12.1. The minimum absolute atomic E-state index is 0.169. The maximum absolute atomic E-state index is 12.2. The number of rotatable bonds is 4. The molecule has 1 amide bonds. The first-order valence-electron chi connectivity index (χ1n) is 5.97. The van der Waals surface area contributed by atoms with E-state index < -0.39 is 0 Å². The fourth-order valence-corrected chi connectivity index (χ4v) is 1.99. The van der Waals surface area contributed by atoms with Gasteiger partial charge in [-0.15, -0.1) is 0 Å². The zero-order chi connectivity index (χ0) is 13.8. The van der Waals surface area contributed by atoms with Crippen molar-refractivity contribution in [2.75, 3.05) is 5.73 Å². The first kappa shape index (κ1) is 13.4. The quantitative estimate of drug-likeness (QED) is 0.752. The average molecular weight is 279 g/mol. The molecule has 0 bridgehead atoms. The molecular formula is C13H15ClN4O. The van der Waals surface area contributed by atoms with E-state index >= 15 is 0 Å². The van der Waals surface area contributed by atoms with Gasteiger partial charge in [0.25, 0.3) is 5.91 Å². The molecule has 1 heterocycles. The number of nitrogens with two attached hydrogens (primary N) is 1. The third-order valence-corrected chi connectivity index (χ3v) is 3.06. The van der Waals surface area contributed by atoms with Crippen LogP contribution in [0.5, 0.6) is 0 Å². The highest BCUT2D eigenvalue weighted by atomic mass is 35.5. The zero-order valence-corrected chi connectivity index (χ0v) is 11.2. The van der Waals surface area contributed by atoms with Crippen LogP contribution >= 0.6 is 11.6 Å². The van der Waals surface area contributed by atoms with Crippen molar-refractivity contribution in [2.24, 2.45) is 0 Å². The number of benzene rings is 1. The van der Waals surface area contributed by atoms with E-state index in [0.29, 0.717) is 16.3 Å². The molecule has 5 nitrogen and oxygen atoms in total. The van der Waals surface area contributed by atoms with E-state index in [2.05, 4.69) is 15.3 Å². The highest BCUT2D eigenvalue weighted by molar-refractivity contribution is 6.31. The van der Waals surface area contributed by atoms with Gasteiger partial charge in [0.2, 0.25) is 0 Å². The third-order valence-electron chi connectivity index (χ3n) is 2.82. The van der Waals surface area contributed by atoms with Crippen LogP contribution in [0.2, 0.25) is 5.02 Å². The molecule has 6 heteroatoms. The van der Waals surface area contributed by atoms with Crippen molar-refractivity contribution < 1.29 is 4.79 Å². The van der Waals surface area contributed by atoms with Gasteiger partial charge in [0.05, 0.1) is 11.6 Å². The molecular weight excluding hydrogens is 264 g/mol. The fourth-order valence-electron chi connectivity index (χ4n) is 1.81. The largest absolute Gasteiger partial charge is 0.398 e. The van der Waals surface area contributed by atoms with Gasteiger partial charge in [-0.1, -0.05) is 18.5 Å². The van der Waals surface area contributed by atoms with E-state index in [-0.39, 0.29) is 11.9 Å². The molecule has 2 rings (SSSR count). The Balaban J connectivity index is 2.16. The lowest BCUT2D eigenvalue weighted by molar-refractivity contribution is 0.0935. The number of nitrogens with zero attached hydrogens (tertiary/aromatic N) is 1. The summed E-state index contributed by atoms with van der Waals surface area (Å²) >= 11 is 5.81. The van der Waals surface area contributed by atoms with Crippen LogP contribution in [0.3, 0.4) is 0 Å². The first-order chi connectivity index (χ1) is 9.11. The minimum Gasteiger partial charge on any atom is -0.398 e. The molecule has 0 fully saturated rings. The Morgan fingerprint density at radius 1 is 1.58 bits per heavy atom. The number of aromatic nitrogens is 2. The van der Waals surface area contributed by atoms with Crippen molar-refractivity contribution in [1.29, 1.82) is 0 Å². The van der Waals surface area contributed by atoms with Gasteiger partial charge in [0, 0.05) is 23.1 Å². The lowest BCUT2D eigenvalue weighted by Crippen LogP contribution is -2.29. The second kappa shape index (κ2) is 5.75. The van der Waals surface area contributed by atoms with E-state index in [1.54, 1.807) is 30.6 Å². The molecule has 0 aliphatic rings. The SMILES string of the molecule is CCC(NC(=O)c1ccc(Cl)cc1N)c1ncc[nH]1. The molecule has 0 saturated carbocycles. The molecule has 1 aromatic carbocycles. The predicted molar refractivity (Wildman–Crippen MR) is 75.0 cm³/mol. The van der Waals surface area contributed by atoms with Gasteiger partial charge in [-0.3, -0.25) is 4.79 Å². The van der Waals surface area contributed by atoms with E-state index in [1.807, 2.05) is 6.92 Å². The minimum atomic E-state index is -0.239. The molecule has 1 aromatic heterocycles. The Labute approximate surface area is 116 Å². The number of imidazole rings is 1. The monoisotopic (exact) mass is 278 g/mol. The molecule has 0 aliphatic heterocycles. The van der Waals surface area contributed by atoms with Gasteiger partial charge < -0.3 is 16.0 Å². The van der Waals surface area contributed by atoms with Crippen molar-refractivity contribution in [3.05, 3.63) is 47.0 Å². The Morgan fingerprint density at radius 3 is 2.95 bits per heavy atom. The summed E-state index contributed by atoms with van der Waals surface area (Å²) in [5.74, 6) is 0.487. The van der Waals surface area contributed by atoms with Crippen LogP contribution in [-0.2, 0) is 0 Å². The summed E-state index contributed by atoms with van der Waals surface area (Å²) in [5, 5.41) is 3.40. The highest BCUT2D eigenvalue weighted by Gasteiger charge is 2.17. The standard InChI is InChI=1S/C13H15ClN4O/c1-2-11(12-16-5-6-17-12)18-13(19)9-4-3-8(14)7-10(9)15/h3-7,11H,2,15H2,1H3,(H,16,17)(H,18,19). The maximum atomic E-state index is 12.2. The molecule has 1 unspecified atom stereocenters. The van der Waals surface area contributed by atoms with E-state index in [0.717, 1.165) is 12.2 Å². The summed E-state index contributed by atoms with van der Waals surface area (Å²) < 4.78 is 0. The second-order valence-electron chi connectivity index (χ2n) is 4.14. The van der Waals surface area contributed by atoms with Crippen LogP contribution in [0, 0.1) is 0 Å².